The van der Waals surface area contributed by atoms with Crippen LogP contribution in [0.15, 0.2) is 42.5 Å². The average Bonchev–Trinajstić information content (AvgIpc) is 2.80. The van der Waals surface area contributed by atoms with Crippen molar-refractivity contribution in [1.29, 1.82) is 0 Å². The molecule has 0 aromatic heterocycles. The van der Waals surface area contributed by atoms with Gasteiger partial charge in [0, 0.05) is 51.0 Å². The third kappa shape index (κ3) is 6.19. The number of methoxy groups -OCH3 is 2. The van der Waals surface area contributed by atoms with E-state index in [1.165, 1.54) is 5.56 Å². The fraction of sp³-hybridized carbons (Fsp3) is 0.391. The number of piperazine rings is 1. The Balaban J connectivity index is 1.44. The molecule has 0 radical (unpaired) electrons. The molecule has 0 aliphatic carbocycles. The summed E-state index contributed by atoms with van der Waals surface area (Å²) in [6, 6.07) is 12.9. The van der Waals surface area contributed by atoms with Crippen molar-refractivity contribution in [3.8, 4) is 11.5 Å². The topological polar surface area (TPSA) is 83.1 Å². The molecule has 1 fully saturated rings. The van der Waals surface area contributed by atoms with Crippen LogP contribution in [0.25, 0.3) is 0 Å². The molecule has 2 aromatic carbocycles. The monoisotopic (exact) mass is 426 g/mol. The molecule has 2 aromatic rings. The highest BCUT2D eigenvalue weighted by molar-refractivity contribution is 5.96. The van der Waals surface area contributed by atoms with Gasteiger partial charge < -0.3 is 20.1 Å². The highest BCUT2D eigenvalue weighted by Crippen LogP contribution is 2.28. The van der Waals surface area contributed by atoms with Crippen molar-refractivity contribution >= 4 is 17.5 Å². The van der Waals surface area contributed by atoms with Crippen LogP contribution in [0, 0.1) is 0 Å². The van der Waals surface area contributed by atoms with E-state index in [1.54, 1.807) is 45.5 Å². The lowest BCUT2D eigenvalue weighted by Gasteiger charge is -2.34. The molecule has 8 heteroatoms. The number of hydrogen-bond acceptors (Lipinski definition) is 6. The SMILES string of the molecule is CNC(=O)c1ccc(NC(=O)CN2CCN(Cc3ccc(OC)c(OC)c3)CC2)cc1. The number of benzene rings is 2. The number of amides is 2. The van der Waals surface area contributed by atoms with Crippen molar-refractivity contribution in [2.24, 2.45) is 0 Å². The molecule has 166 valence electrons. The van der Waals surface area contributed by atoms with E-state index in [0.29, 0.717) is 17.8 Å². The van der Waals surface area contributed by atoms with Crippen LogP contribution >= 0.6 is 0 Å². The van der Waals surface area contributed by atoms with Crippen molar-refractivity contribution in [3.05, 3.63) is 53.6 Å². The molecule has 0 saturated carbocycles. The number of nitrogens with zero attached hydrogens (tertiary/aromatic N) is 2. The van der Waals surface area contributed by atoms with Crippen LogP contribution in [0.2, 0.25) is 0 Å². The Bertz CT molecular complexity index is 893. The molecule has 1 heterocycles. The van der Waals surface area contributed by atoms with E-state index in [9.17, 15) is 9.59 Å². The second-order valence-corrected chi connectivity index (χ2v) is 7.45. The van der Waals surface area contributed by atoms with Crippen LogP contribution in [-0.4, -0.2) is 75.6 Å². The van der Waals surface area contributed by atoms with Gasteiger partial charge in [-0.1, -0.05) is 6.07 Å². The van der Waals surface area contributed by atoms with Crippen LogP contribution in [0.5, 0.6) is 11.5 Å². The largest absolute Gasteiger partial charge is 0.493 e. The van der Waals surface area contributed by atoms with Crippen LogP contribution < -0.4 is 20.1 Å². The van der Waals surface area contributed by atoms with Crippen LogP contribution in [-0.2, 0) is 11.3 Å². The Morgan fingerprint density at radius 1 is 0.903 bits per heavy atom. The molecular weight excluding hydrogens is 396 g/mol. The van der Waals surface area contributed by atoms with Crippen molar-refractivity contribution in [3.63, 3.8) is 0 Å². The number of ether oxygens (including phenoxy) is 2. The van der Waals surface area contributed by atoms with Gasteiger partial charge in [0.2, 0.25) is 5.91 Å². The molecule has 0 unspecified atom stereocenters. The summed E-state index contributed by atoms with van der Waals surface area (Å²) in [4.78, 5) is 28.5. The van der Waals surface area contributed by atoms with Crippen molar-refractivity contribution < 1.29 is 19.1 Å². The smallest absolute Gasteiger partial charge is 0.251 e. The first-order chi connectivity index (χ1) is 15.0. The van der Waals surface area contributed by atoms with Gasteiger partial charge in [0.1, 0.15) is 0 Å². The lowest BCUT2D eigenvalue weighted by molar-refractivity contribution is -0.117. The molecule has 8 nitrogen and oxygen atoms in total. The van der Waals surface area contributed by atoms with Gasteiger partial charge in [0.15, 0.2) is 11.5 Å². The second-order valence-electron chi connectivity index (χ2n) is 7.45. The van der Waals surface area contributed by atoms with Crippen molar-refractivity contribution in [2.75, 3.05) is 59.3 Å². The van der Waals surface area contributed by atoms with E-state index in [4.69, 9.17) is 9.47 Å². The summed E-state index contributed by atoms with van der Waals surface area (Å²) >= 11 is 0. The van der Waals surface area contributed by atoms with Crippen molar-refractivity contribution in [2.45, 2.75) is 6.54 Å². The summed E-state index contributed by atoms with van der Waals surface area (Å²) in [5, 5.41) is 5.47. The molecule has 1 aliphatic heterocycles. The van der Waals surface area contributed by atoms with Crippen LogP contribution in [0.3, 0.4) is 0 Å². The minimum Gasteiger partial charge on any atom is -0.493 e. The predicted molar refractivity (Wildman–Crippen MR) is 120 cm³/mol. The molecule has 0 bridgehead atoms. The molecule has 2 N–H and O–H groups in total. The van der Waals surface area contributed by atoms with E-state index in [0.717, 1.165) is 44.2 Å². The minimum atomic E-state index is -0.149. The Hall–Kier alpha value is -3.10. The van der Waals surface area contributed by atoms with E-state index < -0.39 is 0 Å². The third-order valence-corrected chi connectivity index (χ3v) is 5.34. The van der Waals surface area contributed by atoms with Gasteiger partial charge in [-0.15, -0.1) is 0 Å². The van der Waals surface area contributed by atoms with Crippen LogP contribution in [0.1, 0.15) is 15.9 Å². The van der Waals surface area contributed by atoms with E-state index >= 15 is 0 Å². The van der Waals surface area contributed by atoms with E-state index in [2.05, 4.69) is 26.5 Å². The normalized spacial score (nSPS) is 14.7. The first kappa shape index (κ1) is 22.6. The number of carbonyl (C=O) groups is 2. The zero-order valence-electron chi connectivity index (χ0n) is 18.3. The Labute approximate surface area is 183 Å². The molecule has 2 amide bonds. The van der Waals surface area contributed by atoms with Gasteiger partial charge in [-0.3, -0.25) is 19.4 Å². The second kappa shape index (κ2) is 10.8. The van der Waals surface area contributed by atoms with Gasteiger partial charge in [-0.05, 0) is 42.0 Å². The van der Waals surface area contributed by atoms with E-state index in [-0.39, 0.29) is 11.8 Å². The zero-order chi connectivity index (χ0) is 22.2. The van der Waals surface area contributed by atoms with Crippen LogP contribution in [0.4, 0.5) is 5.69 Å². The van der Waals surface area contributed by atoms with Gasteiger partial charge in [-0.2, -0.15) is 0 Å². The summed E-state index contributed by atoms with van der Waals surface area (Å²) in [7, 11) is 4.86. The lowest BCUT2D eigenvalue weighted by atomic mass is 10.1. The van der Waals surface area contributed by atoms with Crippen molar-refractivity contribution in [1.82, 2.24) is 15.1 Å². The summed E-state index contributed by atoms with van der Waals surface area (Å²) < 4.78 is 10.7. The molecule has 1 aliphatic rings. The fourth-order valence-electron chi connectivity index (χ4n) is 3.60. The molecule has 0 spiro atoms. The molecular formula is C23H30N4O4. The molecule has 31 heavy (non-hydrogen) atoms. The number of anilines is 1. The summed E-state index contributed by atoms with van der Waals surface area (Å²) in [6.45, 7) is 4.62. The standard InChI is InChI=1S/C23H30N4O4/c1-24-23(29)18-5-7-19(8-6-18)25-22(28)16-27-12-10-26(11-13-27)15-17-4-9-20(30-2)21(14-17)31-3/h4-9,14H,10-13,15-16H2,1-3H3,(H,24,29)(H,25,28). The zero-order valence-corrected chi connectivity index (χ0v) is 18.3. The van der Waals surface area contributed by atoms with Gasteiger partial charge in [0.25, 0.3) is 5.91 Å². The minimum absolute atomic E-state index is 0.0546. The Morgan fingerprint density at radius 2 is 1.55 bits per heavy atom. The first-order valence-corrected chi connectivity index (χ1v) is 10.3. The molecule has 3 rings (SSSR count). The lowest BCUT2D eigenvalue weighted by Crippen LogP contribution is -2.48. The maximum atomic E-state index is 12.4. The fourth-order valence-corrected chi connectivity index (χ4v) is 3.60. The summed E-state index contributed by atoms with van der Waals surface area (Å²) in [5.74, 6) is 1.26. The molecule has 1 saturated heterocycles. The number of hydrogen-bond donors (Lipinski definition) is 2. The first-order valence-electron chi connectivity index (χ1n) is 10.3. The number of nitrogens with one attached hydrogen (secondary N) is 2. The van der Waals surface area contributed by atoms with Gasteiger partial charge >= 0.3 is 0 Å². The maximum Gasteiger partial charge on any atom is 0.251 e. The Kier molecular flexibility index (Phi) is 7.86. The number of carbonyl (C=O) groups excluding carboxylic acids is 2. The quantitative estimate of drug-likeness (QED) is 0.670. The highest BCUT2D eigenvalue weighted by Gasteiger charge is 2.19. The number of rotatable bonds is 8. The predicted octanol–water partition coefficient (Wildman–Crippen LogP) is 1.82. The third-order valence-electron chi connectivity index (χ3n) is 5.34. The highest BCUT2D eigenvalue weighted by atomic mass is 16.5. The van der Waals surface area contributed by atoms with Gasteiger partial charge in [0.05, 0.1) is 20.8 Å². The maximum absolute atomic E-state index is 12.4. The Morgan fingerprint density at radius 3 is 2.16 bits per heavy atom. The molecule has 0 atom stereocenters. The van der Waals surface area contributed by atoms with E-state index in [1.807, 2.05) is 12.1 Å². The average molecular weight is 427 g/mol. The van der Waals surface area contributed by atoms with Gasteiger partial charge in [-0.25, -0.2) is 0 Å². The summed E-state index contributed by atoms with van der Waals surface area (Å²) in [5.41, 5.74) is 2.42. The summed E-state index contributed by atoms with van der Waals surface area (Å²) in [6.07, 6.45) is 0.